The summed E-state index contributed by atoms with van der Waals surface area (Å²) in [6.07, 6.45) is -2.60. The zero-order chi connectivity index (χ0) is 18.0. The molecule has 7 heteroatoms. The molecule has 1 aliphatic rings. The molecule has 0 bridgehead atoms. The number of amides is 1. The van der Waals surface area contributed by atoms with Crippen molar-refractivity contribution in [2.75, 3.05) is 19.7 Å². The Morgan fingerprint density at radius 2 is 2.16 bits per heavy atom. The van der Waals surface area contributed by atoms with Gasteiger partial charge in [0.05, 0.1) is 18.3 Å². The van der Waals surface area contributed by atoms with Gasteiger partial charge in [-0.05, 0) is 30.2 Å². The molecule has 0 spiro atoms. The summed E-state index contributed by atoms with van der Waals surface area (Å²) < 4.78 is 44.1. The van der Waals surface area contributed by atoms with E-state index >= 15 is 0 Å². The van der Waals surface area contributed by atoms with Crippen molar-refractivity contribution in [3.05, 3.63) is 58.9 Å². The second kappa shape index (κ2) is 6.92. The van der Waals surface area contributed by atoms with E-state index in [1.807, 2.05) is 6.92 Å². The van der Waals surface area contributed by atoms with Gasteiger partial charge in [-0.2, -0.15) is 13.2 Å². The van der Waals surface area contributed by atoms with Crippen molar-refractivity contribution in [1.82, 2.24) is 9.88 Å². The van der Waals surface area contributed by atoms with Crippen molar-refractivity contribution in [1.29, 1.82) is 0 Å². The average molecular weight is 352 g/mol. The summed E-state index contributed by atoms with van der Waals surface area (Å²) in [4.78, 5) is 17.1. The number of morpholine rings is 1. The van der Waals surface area contributed by atoms with E-state index in [0.717, 1.165) is 17.7 Å². The van der Waals surface area contributed by atoms with E-state index in [1.54, 1.807) is 23.2 Å². The molecule has 1 aromatic carbocycles. The maximum absolute atomic E-state index is 12.8. The van der Waals surface area contributed by atoms with Gasteiger partial charge in [-0.15, -0.1) is 0 Å². The normalized spacial score (nSPS) is 18.4. The standard InChI is InChI=1S/C18H19F3N2O2/c1-12-7-16(22-10-12)17(24)23-5-6-25-15(11-23)9-13-3-2-4-14(8-13)18(19,20)21/h2-4,7-8,10,15,22H,5-6,9,11H2,1H3/t15-/m0/s1. The predicted octanol–water partition coefficient (Wildman–Crippen LogP) is 3.43. The van der Waals surface area contributed by atoms with Crippen molar-refractivity contribution in [3.8, 4) is 0 Å². The third kappa shape index (κ3) is 4.22. The first-order chi connectivity index (χ1) is 11.8. The molecule has 0 aliphatic carbocycles. The number of aryl methyl sites for hydroxylation is 1. The average Bonchev–Trinajstić information content (AvgIpc) is 3.00. The highest BCUT2D eigenvalue weighted by molar-refractivity contribution is 5.92. The molecule has 3 rings (SSSR count). The summed E-state index contributed by atoms with van der Waals surface area (Å²) in [6, 6.07) is 7.01. The number of nitrogens with zero attached hydrogens (tertiary/aromatic N) is 1. The van der Waals surface area contributed by atoms with E-state index < -0.39 is 11.7 Å². The molecule has 25 heavy (non-hydrogen) atoms. The zero-order valence-corrected chi connectivity index (χ0v) is 13.8. The number of nitrogens with one attached hydrogen (secondary N) is 1. The van der Waals surface area contributed by atoms with Crippen LogP contribution < -0.4 is 0 Å². The van der Waals surface area contributed by atoms with Gasteiger partial charge in [-0.3, -0.25) is 4.79 Å². The largest absolute Gasteiger partial charge is 0.416 e. The molecule has 2 aromatic rings. The Morgan fingerprint density at radius 1 is 1.36 bits per heavy atom. The van der Waals surface area contributed by atoms with Crippen LogP contribution in [0, 0.1) is 6.92 Å². The van der Waals surface area contributed by atoms with Crippen molar-refractivity contribution >= 4 is 5.91 Å². The number of hydrogen-bond donors (Lipinski definition) is 1. The lowest BCUT2D eigenvalue weighted by Gasteiger charge is -2.33. The van der Waals surface area contributed by atoms with E-state index in [9.17, 15) is 18.0 Å². The van der Waals surface area contributed by atoms with Crippen molar-refractivity contribution in [2.45, 2.75) is 25.6 Å². The third-order valence-electron chi connectivity index (χ3n) is 4.20. The SMILES string of the molecule is Cc1c[nH]c(C(=O)N2CCO[C@@H](Cc3cccc(C(F)(F)F)c3)C2)c1. The van der Waals surface area contributed by atoms with Crippen LogP contribution in [0.1, 0.15) is 27.2 Å². The Kier molecular flexibility index (Phi) is 4.85. The number of carbonyl (C=O) groups excluding carboxylic acids is 1. The highest BCUT2D eigenvalue weighted by Gasteiger charge is 2.31. The maximum Gasteiger partial charge on any atom is 0.416 e. The van der Waals surface area contributed by atoms with Gasteiger partial charge in [-0.1, -0.05) is 18.2 Å². The van der Waals surface area contributed by atoms with Crippen LogP contribution in [0.25, 0.3) is 0 Å². The Balaban J connectivity index is 1.67. The van der Waals surface area contributed by atoms with Crippen LogP contribution in [-0.2, 0) is 17.3 Å². The molecule has 4 nitrogen and oxygen atoms in total. The highest BCUT2D eigenvalue weighted by atomic mass is 19.4. The first-order valence-electron chi connectivity index (χ1n) is 8.05. The van der Waals surface area contributed by atoms with Crippen molar-refractivity contribution in [3.63, 3.8) is 0 Å². The molecule has 1 N–H and O–H groups in total. The fourth-order valence-corrected chi connectivity index (χ4v) is 2.96. The van der Waals surface area contributed by atoms with Crippen LogP contribution in [0.4, 0.5) is 13.2 Å². The molecule has 1 fully saturated rings. The molecule has 1 aromatic heterocycles. The van der Waals surface area contributed by atoms with Crippen molar-refractivity contribution in [2.24, 2.45) is 0 Å². The summed E-state index contributed by atoms with van der Waals surface area (Å²) in [7, 11) is 0. The van der Waals surface area contributed by atoms with Gasteiger partial charge in [0.15, 0.2) is 0 Å². The van der Waals surface area contributed by atoms with E-state index in [-0.39, 0.29) is 12.0 Å². The first-order valence-corrected chi connectivity index (χ1v) is 8.05. The van der Waals surface area contributed by atoms with Gasteiger partial charge in [0.2, 0.25) is 0 Å². The molecule has 1 amide bonds. The van der Waals surface area contributed by atoms with Crippen LogP contribution in [0.3, 0.4) is 0 Å². The number of carbonyl (C=O) groups is 1. The lowest BCUT2D eigenvalue weighted by Crippen LogP contribution is -2.46. The van der Waals surface area contributed by atoms with E-state index in [0.29, 0.717) is 37.4 Å². The van der Waals surface area contributed by atoms with Gasteiger partial charge >= 0.3 is 6.18 Å². The first kappa shape index (κ1) is 17.5. The number of aromatic amines is 1. The minimum atomic E-state index is -4.36. The van der Waals surface area contributed by atoms with Gasteiger partial charge in [0.25, 0.3) is 5.91 Å². The minimum absolute atomic E-state index is 0.120. The Bertz CT molecular complexity index is 755. The summed E-state index contributed by atoms with van der Waals surface area (Å²) in [5.74, 6) is -0.120. The molecule has 2 heterocycles. The van der Waals surface area contributed by atoms with Gasteiger partial charge in [0.1, 0.15) is 5.69 Å². The van der Waals surface area contributed by atoms with E-state index in [4.69, 9.17) is 4.74 Å². The molecule has 134 valence electrons. The lowest BCUT2D eigenvalue weighted by molar-refractivity contribution is -0.137. The predicted molar refractivity (Wildman–Crippen MR) is 86.3 cm³/mol. The monoisotopic (exact) mass is 352 g/mol. The quantitative estimate of drug-likeness (QED) is 0.920. The number of alkyl halides is 3. The molecular formula is C18H19F3N2O2. The summed E-state index contributed by atoms with van der Waals surface area (Å²) >= 11 is 0. The molecule has 1 atom stereocenters. The second-order valence-corrected chi connectivity index (χ2v) is 6.24. The van der Waals surface area contributed by atoms with Crippen LogP contribution >= 0.6 is 0 Å². The number of aromatic nitrogens is 1. The topological polar surface area (TPSA) is 45.3 Å². The van der Waals surface area contributed by atoms with Crippen molar-refractivity contribution < 1.29 is 22.7 Å². The molecule has 1 saturated heterocycles. The Hall–Kier alpha value is -2.28. The number of benzene rings is 1. The fourth-order valence-electron chi connectivity index (χ4n) is 2.96. The molecule has 1 aliphatic heterocycles. The maximum atomic E-state index is 12.8. The number of hydrogen-bond acceptors (Lipinski definition) is 2. The Labute approximate surface area is 143 Å². The van der Waals surface area contributed by atoms with Crippen LogP contribution in [0.15, 0.2) is 36.5 Å². The molecular weight excluding hydrogens is 333 g/mol. The van der Waals surface area contributed by atoms with E-state index in [2.05, 4.69) is 4.98 Å². The van der Waals surface area contributed by atoms with E-state index in [1.165, 1.54) is 6.07 Å². The summed E-state index contributed by atoms with van der Waals surface area (Å²) in [5, 5.41) is 0. The second-order valence-electron chi connectivity index (χ2n) is 6.24. The van der Waals surface area contributed by atoms with Gasteiger partial charge in [0, 0.05) is 25.7 Å². The number of halogens is 3. The van der Waals surface area contributed by atoms with Gasteiger partial charge in [-0.25, -0.2) is 0 Å². The highest BCUT2D eigenvalue weighted by Crippen LogP contribution is 2.30. The zero-order valence-electron chi connectivity index (χ0n) is 13.8. The summed E-state index contributed by atoms with van der Waals surface area (Å²) in [6.45, 7) is 3.08. The smallest absolute Gasteiger partial charge is 0.374 e. The van der Waals surface area contributed by atoms with Crippen LogP contribution in [0.5, 0.6) is 0 Å². The number of H-pyrrole nitrogens is 1. The summed E-state index contributed by atoms with van der Waals surface area (Å²) in [5.41, 5.74) is 1.36. The fraction of sp³-hybridized carbons (Fsp3) is 0.389. The molecule has 0 radical (unpaired) electrons. The molecule has 0 unspecified atom stereocenters. The molecule has 0 saturated carbocycles. The lowest BCUT2D eigenvalue weighted by atomic mass is 10.0. The van der Waals surface area contributed by atoms with Crippen LogP contribution in [-0.4, -0.2) is 41.6 Å². The Morgan fingerprint density at radius 3 is 2.84 bits per heavy atom. The van der Waals surface area contributed by atoms with Gasteiger partial charge < -0.3 is 14.6 Å². The number of rotatable bonds is 3. The minimum Gasteiger partial charge on any atom is -0.374 e. The third-order valence-corrected chi connectivity index (χ3v) is 4.20. The van der Waals surface area contributed by atoms with Crippen LogP contribution in [0.2, 0.25) is 0 Å². The number of ether oxygens (including phenoxy) is 1.